The lowest BCUT2D eigenvalue weighted by Gasteiger charge is -2.20. The fraction of sp³-hybridized carbons (Fsp3) is 0.200. The minimum atomic E-state index is -3.72. The molecule has 0 radical (unpaired) electrons. The van der Waals surface area contributed by atoms with Crippen LogP contribution in [0.2, 0.25) is 5.02 Å². The maximum Gasteiger partial charge on any atom is 0.262 e. The van der Waals surface area contributed by atoms with E-state index in [-0.39, 0.29) is 4.90 Å². The van der Waals surface area contributed by atoms with Gasteiger partial charge in [0.15, 0.2) is 11.5 Å². The van der Waals surface area contributed by atoms with Crippen LogP contribution < -0.4 is 14.2 Å². The van der Waals surface area contributed by atoms with Gasteiger partial charge in [0.1, 0.15) is 13.2 Å². The summed E-state index contributed by atoms with van der Waals surface area (Å²) in [6, 6.07) is 9.61. The van der Waals surface area contributed by atoms with E-state index in [2.05, 4.69) is 4.72 Å². The van der Waals surface area contributed by atoms with Gasteiger partial charge < -0.3 is 9.47 Å². The zero-order valence-corrected chi connectivity index (χ0v) is 13.4. The highest BCUT2D eigenvalue weighted by atomic mass is 35.5. The monoisotopic (exact) mass is 339 g/mol. The van der Waals surface area contributed by atoms with E-state index in [0.29, 0.717) is 41.0 Å². The first kappa shape index (κ1) is 15.0. The number of hydrogen-bond acceptors (Lipinski definition) is 4. The van der Waals surface area contributed by atoms with E-state index in [9.17, 15) is 8.42 Å². The molecule has 0 atom stereocenters. The minimum Gasteiger partial charge on any atom is -0.486 e. The molecule has 1 heterocycles. The van der Waals surface area contributed by atoms with E-state index in [0.717, 1.165) is 0 Å². The number of rotatable bonds is 3. The molecule has 0 amide bonds. The molecule has 0 aliphatic carbocycles. The molecule has 5 nitrogen and oxygen atoms in total. The molecule has 7 heteroatoms. The molecular formula is C15H14ClNO4S. The number of sulfonamides is 1. The summed E-state index contributed by atoms with van der Waals surface area (Å²) in [5.41, 5.74) is 1.03. The average Bonchev–Trinajstić information content (AvgIpc) is 2.48. The molecule has 1 N–H and O–H groups in total. The van der Waals surface area contributed by atoms with Crippen molar-refractivity contribution in [1.82, 2.24) is 0 Å². The van der Waals surface area contributed by atoms with E-state index < -0.39 is 10.0 Å². The van der Waals surface area contributed by atoms with Gasteiger partial charge in [0, 0.05) is 16.8 Å². The van der Waals surface area contributed by atoms with Gasteiger partial charge in [-0.15, -0.1) is 0 Å². The van der Waals surface area contributed by atoms with Gasteiger partial charge in [0.2, 0.25) is 0 Å². The van der Waals surface area contributed by atoms with Gasteiger partial charge in [-0.3, -0.25) is 4.72 Å². The first-order valence-electron chi connectivity index (χ1n) is 6.64. The van der Waals surface area contributed by atoms with Crippen molar-refractivity contribution in [3.05, 3.63) is 47.0 Å². The Balaban J connectivity index is 1.96. The van der Waals surface area contributed by atoms with Gasteiger partial charge in [-0.2, -0.15) is 0 Å². The maximum absolute atomic E-state index is 12.6. The van der Waals surface area contributed by atoms with Crippen molar-refractivity contribution >= 4 is 27.3 Å². The van der Waals surface area contributed by atoms with Crippen molar-refractivity contribution in [1.29, 1.82) is 0 Å². The summed E-state index contributed by atoms with van der Waals surface area (Å²) in [5, 5.41) is 0.540. The summed E-state index contributed by atoms with van der Waals surface area (Å²) >= 11 is 5.80. The molecule has 2 aromatic carbocycles. The normalized spacial score (nSPS) is 13.7. The molecule has 2 aromatic rings. The molecule has 22 heavy (non-hydrogen) atoms. The van der Waals surface area contributed by atoms with Crippen LogP contribution in [0.3, 0.4) is 0 Å². The molecule has 1 aliphatic rings. The fourth-order valence-electron chi connectivity index (χ4n) is 2.19. The molecule has 0 bridgehead atoms. The molecular weight excluding hydrogens is 326 g/mol. The van der Waals surface area contributed by atoms with Crippen molar-refractivity contribution in [2.75, 3.05) is 17.9 Å². The van der Waals surface area contributed by atoms with Gasteiger partial charge in [-0.05, 0) is 42.8 Å². The Kier molecular flexibility index (Phi) is 3.88. The Morgan fingerprint density at radius 3 is 2.27 bits per heavy atom. The minimum absolute atomic E-state index is 0.159. The second-order valence-electron chi connectivity index (χ2n) is 4.87. The topological polar surface area (TPSA) is 64.6 Å². The third-order valence-corrected chi connectivity index (χ3v) is 5.00. The fourth-order valence-corrected chi connectivity index (χ4v) is 3.62. The predicted octanol–water partition coefficient (Wildman–Crippen LogP) is 3.22. The lowest BCUT2D eigenvalue weighted by molar-refractivity contribution is 0.171. The molecule has 0 fully saturated rings. The van der Waals surface area contributed by atoms with Crippen LogP contribution >= 0.6 is 11.6 Å². The molecule has 116 valence electrons. The molecule has 1 aliphatic heterocycles. The highest BCUT2D eigenvalue weighted by molar-refractivity contribution is 7.92. The summed E-state index contributed by atoms with van der Waals surface area (Å²) < 4.78 is 38.5. The van der Waals surface area contributed by atoms with Gasteiger partial charge >= 0.3 is 0 Å². The molecule has 0 unspecified atom stereocenters. The van der Waals surface area contributed by atoms with Gasteiger partial charge in [-0.1, -0.05) is 11.6 Å². The van der Waals surface area contributed by atoms with Crippen molar-refractivity contribution in [2.24, 2.45) is 0 Å². The number of fused-ring (bicyclic) bond motifs is 1. The van der Waals surface area contributed by atoms with Crippen LogP contribution in [-0.4, -0.2) is 21.6 Å². The Labute approximate surface area is 133 Å². The summed E-state index contributed by atoms with van der Waals surface area (Å²) in [6.45, 7) is 2.58. The van der Waals surface area contributed by atoms with Crippen LogP contribution in [0.25, 0.3) is 0 Å². The number of ether oxygens (including phenoxy) is 2. The van der Waals surface area contributed by atoms with E-state index >= 15 is 0 Å². The second-order valence-corrected chi connectivity index (χ2v) is 6.96. The summed E-state index contributed by atoms with van der Waals surface area (Å²) in [6.07, 6.45) is 0. The largest absolute Gasteiger partial charge is 0.486 e. The lowest BCUT2D eigenvalue weighted by atomic mass is 10.2. The van der Waals surface area contributed by atoms with Crippen LogP contribution in [0.15, 0.2) is 41.3 Å². The van der Waals surface area contributed by atoms with E-state index in [1.807, 2.05) is 0 Å². The van der Waals surface area contributed by atoms with Crippen LogP contribution in [-0.2, 0) is 10.0 Å². The first-order chi connectivity index (χ1) is 10.5. The Bertz CT molecular complexity index is 803. The Morgan fingerprint density at radius 1 is 1.05 bits per heavy atom. The van der Waals surface area contributed by atoms with Crippen molar-refractivity contribution in [3.63, 3.8) is 0 Å². The lowest BCUT2D eigenvalue weighted by Crippen LogP contribution is -2.18. The second kappa shape index (κ2) is 5.70. The average molecular weight is 340 g/mol. The van der Waals surface area contributed by atoms with E-state index in [1.54, 1.807) is 37.3 Å². The molecule has 3 rings (SSSR count). The summed E-state index contributed by atoms with van der Waals surface area (Å²) in [5.74, 6) is 1.00. The number of halogens is 1. The smallest absolute Gasteiger partial charge is 0.262 e. The standard InChI is InChI=1S/C15H14ClNO4S/c1-10-8-13-14(21-7-6-20-13)9-15(10)22(18,19)17-12-4-2-11(16)3-5-12/h2-5,8-9,17H,6-7H2,1H3. The number of aryl methyl sites for hydroxylation is 1. The highest BCUT2D eigenvalue weighted by Crippen LogP contribution is 2.35. The zero-order valence-electron chi connectivity index (χ0n) is 11.8. The van der Waals surface area contributed by atoms with Gasteiger partial charge in [-0.25, -0.2) is 8.42 Å². The van der Waals surface area contributed by atoms with Crippen LogP contribution in [0.1, 0.15) is 5.56 Å². The van der Waals surface area contributed by atoms with Crippen molar-refractivity contribution in [3.8, 4) is 11.5 Å². The molecule has 0 spiro atoms. The van der Waals surface area contributed by atoms with Crippen LogP contribution in [0, 0.1) is 6.92 Å². The maximum atomic E-state index is 12.6. The third kappa shape index (κ3) is 2.98. The number of anilines is 1. The van der Waals surface area contributed by atoms with Crippen molar-refractivity contribution < 1.29 is 17.9 Å². The molecule has 0 saturated heterocycles. The number of benzene rings is 2. The SMILES string of the molecule is Cc1cc2c(cc1S(=O)(=O)Nc1ccc(Cl)cc1)OCCO2. The van der Waals surface area contributed by atoms with E-state index in [4.69, 9.17) is 21.1 Å². The van der Waals surface area contributed by atoms with Crippen LogP contribution in [0.4, 0.5) is 5.69 Å². The quantitative estimate of drug-likeness (QED) is 0.932. The zero-order chi connectivity index (χ0) is 15.7. The third-order valence-electron chi connectivity index (χ3n) is 3.23. The van der Waals surface area contributed by atoms with Crippen LogP contribution in [0.5, 0.6) is 11.5 Å². The van der Waals surface area contributed by atoms with Gasteiger partial charge in [0.25, 0.3) is 10.0 Å². The predicted molar refractivity (Wildman–Crippen MR) is 84.4 cm³/mol. The first-order valence-corrected chi connectivity index (χ1v) is 8.50. The van der Waals surface area contributed by atoms with Gasteiger partial charge in [0.05, 0.1) is 4.90 Å². The van der Waals surface area contributed by atoms with E-state index in [1.165, 1.54) is 6.07 Å². The number of nitrogens with one attached hydrogen (secondary N) is 1. The Morgan fingerprint density at radius 2 is 1.64 bits per heavy atom. The summed E-state index contributed by atoms with van der Waals surface area (Å²) in [4.78, 5) is 0.159. The highest BCUT2D eigenvalue weighted by Gasteiger charge is 2.22. The van der Waals surface area contributed by atoms with Crippen molar-refractivity contribution in [2.45, 2.75) is 11.8 Å². The number of hydrogen-bond donors (Lipinski definition) is 1. The molecule has 0 aromatic heterocycles. The molecule has 0 saturated carbocycles. The Hall–Kier alpha value is -1.92. The summed E-state index contributed by atoms with van der Waals surface area (Å²) in [7, 11) is -3.72.